The first kappa shape index (κ1) is 17.7. The molecule has 2 heterocycles. The molecule has 0 saturated carbocycles. The first-order valence-corrected chi connectivity index (χ1v) is 8.43. The van der Waals surface area contributed by atoms with Crippen LogP contribution < -0.4 is 5.32 Å². The van der Waals surface area contributed by atoms with Crippen molar-refractivity contribution in [1.82, 2.24) is 10.2 Å². The van der Waals surface area contributed by atoms with Crippen LogP contribution in [0.15, 0.2) is 0 Å². The molecular formula is C16H26N2O5. The van der Waals surface area contributed by atoms with Crippen molar-refractivity contribution >= 4 is 17.8 Å². The minimum atomic E-state index is -0.886. The van der Waals surface area contributed by atoms with Gasteiger partial charge in [-0.25, -0.2) is 0 Å². The van der Waals surface area contributed by atoms with Crippen LogP contribution in [0.3, 0.4) is 0 Å². The molecular weight excluding hydrogens is 300 g/mol. The molecule has 0 aromatic heterocycles. The summed E-state index contributed by atoms with van der Waals surface area (Å²) in [6.45, 7) is 1.89. The monoisotopic (exact) mass is 326 g/mol. The second-order valence-corrected chi connectivity index (χ2v) is 6.32. The number of hydrogen-bond acceptors (Lipinski definition) is 4. The van der Waals surface area contributed by atoms with Crippen LogP contribution in [0.5, 0.6) is 0 Å². The predicted molar refractivity (Wildman–Crippen MR) is 82.7 cm³/mol. The van der Waals surface area contributed by atoms with Crippen molar-refractivity contribution in [3.8, 4) is 0 Å². The minimum Gasteiger partial charge on any atom is -0.481 e. The highest BCUT2D eigenvalue weighted by atomic mass is 16.5. The molecule has 7 heteroatoms. The first-order valence-electron chi connectivity index (χ1n) is 8.43. The molecule has 2 aliphatic heterocycles. The van der Waals surface area contributed by atoms with Crippen molar-refractivity contribution in [1.29, 1.82) is 0 Å². The molecule has 2 fully saturated rings. The lowest BCUT2D eigenvalue weighted by Gasteiger charge is -2.28. The molecule has 23 heavy (non-hydrogen) atoms. The second-order valence-electron chi connectivity index (χ2n) is 6.32. The molecule has 2 rings (SSSR count). The van der Waals surface area contributed by atoms with E-state index in [0.717, 1.165) is 19.3 Å². The minimum absolute atomic E-state index is 0.0110. The van der Waals surface area contributed by atoms with Crippen LogP contribution in [0.1, 0.15) is 38.5 Å². The van der Waals surface area contributed by atoms with Crippen molar-refractivity contribution in [2.24, 2.45) is 11.8 Å². The van der Waals surface area contributed by atoms with E-state index in [1.54, 1.807) is 4.90 Å². The Morgan fingerprint density at radius 3 is 2.70 bits per heavy atom. The Labute approximate surface area is 136 Å². The van der Waals surface area contributed by atoms with E-state index >= 15 is 0 Å². The Balaban J connectivity index is 1.81. The quantitative estimate of drug-likeness (QED) is 0.746. The zero-order chi connectivity index (χ0) is 16.7. The van der Waals surface area contributed by atoms with Crippen LogP contribution >= 0.6 is 0 Å². The number of nitrogens with zero attached hydrogens (tertiary/aromatic N) is 1. The molecule has 0 bridgehead atoms. The lowest BCUT2D eigenvalue weighted by atomic mass is 9.86. The van der Waals surface area contributed by atoms with E-state index in [9.17, 15) is 19.5 Å². The van der Waals surface area contributed by atoms with Gasteiger partial charge in [0.25, 0.3) is 0 Å². The zero-order valence-electron chi connectivity index (χ0n) is 13.5. The number of carbonyl (C=O) groups is 3. The fourth-order valence-corrected chi connectivity index (χ4v) is 3.23. The summed E-state index contributed by atoms with van der Waals surface area (Å²) >= 11 is 0. The Morgan fingerprint density at radius 2 is 2.00 bits per heavy atom. The molecule has 0 aliphatic carbocycles. The van der Waals surface area contributed by atoms with E-state index in [-0.39, 0.29) is 30.8 Å². The van der Waals surface area contributed by atoms with Gasteiger partial charge in [-0.2, -0.15) is 0 Å². The van der Waals surface area contributed by atoms with Crippen LogP contribution in [-0.4, -0.2) is 60.6 Å². The maximum absolute atomic E-state index is 12.1. The molecule has 2 aliphatic rings. The predicted octanol–water partition coefficient (Wildman–Crippen LogP) is 0.633. The third-order valence-corrected chi connectivity index (χ3v) is 4.68. The molecule has 0 aromatic carbocycles. The fourth-order valence-electron chi connectivity index (χ4n) is 3.23. The first-order chi connectivity index (χ1) is 11.1. The Bertz CT molecular complexity index is 434. The summed E-state index contributed by atoms with van der Waals surface area (Å²) in [6.07, 6.45) is 4.71. The van der Waals surface area contributed by atoms with Crippen LogP contribution in [-0.2, 0) is 19.1 Å². The van der Waals surface area contributed by atoms with E-state index in [1.165, 1.54) is 0 Å². The number of ether oxygens (including phenoxy) is 1. The molecule has 1 unspecified atom stereocenters. The molecule has 2 amide bonds. The molecule has 0 aromatic rings. The lowest BCUT2D eigenvalue weighted by Crippen LogP contribution is -2.44. The SMILES string of the molecule is O=C(CN1CCCCCC1=O)NCC(C(=O)O)C1CCOCC1. The number of amides is 2. The number of likely N-dealkylation sites (tertiary alicyclic amines) is 1. The summed E-state index contributed by atoms with van der Waals surface area (Å²) in [5, 5.41) is 12.1. The van der Waals surface area contributed by atoms with Gasteiger partial charge in [0.05, 0.1) is 12.5 Å². The molecule has 2 N–H and O–H groups in total. The highest BCUT2D eigenvalue weighted by Crippen LogP contribution is 2.23. The third-order valence-electron chi connectivity index (χ3n) is 4.68. The van der Waals surface area contributed by atoms with Crippen LogP contribution in [0.2, 0.25) is 0 Å². The van der Waals surface area contributed by atoms with E-state index in [2.05, 4.69) is 5.32 Å². The number of rotatable bonds is 6. The summed E-state index contributed by atoms with van der Waals surface area (Å²) in [4.78, 5) is 37.0. The van der Waals surface area contributed by atoms with E-state index in [0.29, 0.717) is 39.0 Å². The smallest absolute Gasteiger partial charge is 0.308 e. The van der Waals surface area contributed by atoms with Gasteiger partial charge in [-0.05, 0) is 31.6 Å². The highest BCUT2D eigenvalue weighted by Gasteiger charge is 2.30. The molecule has 0 radical (unpaired) electrons. The van der Waals surface area contributed by atoms with Crippen molar-refractivity contribution in [2.75, 3.05) is 32.8 Å². The van der Waals surface area contributed by atoms with Gasteiger partial charge in [-0.3, -0.25) is 14.4 Å². The summed E-state index contributed by atoms with van der Waals surface area (Å²) in [5.41, 5.74) is 0. The highest BCUT2D eigenvalue weighted by molar-refractivity contribution is 5.85. The van der Waals surface area contributed by atoms with Crippen molar-refractivity contribution in [3.05, 3.63) is 0 Å². The number of hydrogen-bond donors (Lipinski definition) is 2. The average molecular weight is 326 g/mol. The maximum Gasteiger partial charge on any atom is 0.308 e. The second kappa shape index (κ2) is 8.86. The molecule has 1 atom stereocenters. The lowest BCUT2D eigenvalue weighted by molar-refractivity contribution is -0.145. The van der Waals surface area contributed by atoms with Gasteiger partial charge in [-0.1, -0.05) is 6.42 Å². The fraction of sp³-hybridized carbons (Fsp3) is 0.812. The normalized spacial score (nSPS) is 21.6. The van der Waals surface area contributed by atoms with Crippen molar-refractivity contribution < 1.29 is 24.2 Å². The van der Waals surface area contributed by atoms with E-state index < -0.39 is 11.9 Å². The van der Waals surface area contributed by atoms with Crippen molar-refractivity contribution in [2.45, 2.75) is 38.5 Å². The van der Waals surface area contributed by atoms with Crippen molar-refractivity contribution in [3.63, 3.8) is 0 Å². The Kier molecular flexibility index (Phi) is 6.83. The topological polar surface area (TPSA) is 95.9 Å². The van der Waals surface area contributed by atoms with E-state index in [1.807, 2.05) is 0 Å². The standard InChI is InChI=1S/C16H26N2O5/c19-14(11-18-7-3-1-2-4-15(18)20)17-10-13(16(21)22)12-5-8-23-9-6-12/h12-13H,1-11H2,(H,17,19)(H,21,22). The maximum atomic E-state index is 12.1. The van der Waals surface area contributed by atoms with Gasteiger partial charge < -0.3 is 20.1 Å². The van der Waals surface area contributed by atoms with Gasteiger partial charge in [0.1, 0.15) is 0 Å². The van der Waals surface area contributed by atoms with Gasteiger partial charge >= 0.3 is 5.97 Å². The number of nitrogens with one attached hydrogen (secondary N) is 1. The van der Waals surface area contributed by atoms with Crippen LogP contribution in [0, 0.1) is 11.8 Å². The van der Waals surface area contributed by atoms with Crippen LogP contribution in [0.25, 0.3) is 0 Å². The molecule has 7 nitrogen and oxygen atoms in total. The summed E-state index contributed by atoms with van der Waals surface area (Å²) < 4.78 is 5.25. The molecule has 130 valence electrons. The van der Waals surface area contributed by atoms with E-state index in [4.69, 9.17) is 4.74 Å². The number of carboxylic acids is 1. The number of carboxylic acid groups (broad SMARTS) is 1. The van der Waals surface area contributed by atoms with Gasteiger partial charge in [0.2, 0.25) is 11.8 Å². The zero-order valence-corrected chi connectivity index (χ0v) is 13.5. The number of carbonyl (C=O) groups excluding carboxylic acids is 2. The summed E-state index contributed by atoms with van der Waals surface area (Å²) in [6, 6.07) is 0. The summed E-state index contributed by atoms with van der Waals surface area (Å²) in [7, 11) is 0. The summed E-state index contributed by atoms with van der Waals surface area (Å²) in [5.74, 6) is -1.72. The molecule has 0 spiro atoms. The van der Waals surface area contributed by atoms with Crippen LogP contribution in [0.4, 0.5) is 0 Å². The average Bonchev–Trinajstić information content (AvgIpc) is 2.73. The number of aliphatic carboxylic acids is 1. The largest absolute Gasteiger partial charge is 0.481 e. The Morgan fingerprint density at radius 1 is 1.26 bits per heavy atom. The van der Waals surface area contributed by atoms with Gasteiger partial charge in [0.15, 0.2) is 0 Å². The van der Waals surface area contributed by atoms with Gasteiger partial charge in [-0.15, -0.1) is 0 Å². The Hall–Kier alpha value is -1.63. The molecule has 2 saturated heterocycles. The third kappa shape index (κ3) is 5.49. The van der Waals surface area contributed by atoms with Gasteiger partial charge in [0, 0.05) is 32.7 Å².